The lowest BCUT2D eigenvalue weighted by Gasteiger charge is -2.21. The van der Waals surface area contributed by atoms with E-state index in [1.54, 1.807) is 0 Å². The maximum atomic E-state index is 5.91. The van der Waals surface area contributed by atoms with Gasteiger partial charge >= 0.3 is 0 Å². The van der Waals surface area contributed by atoms with Gasteiger partial charge in [-0.15, -0.1) is 11.3 Å². The Balaban J connectivity index is 1.50. The van der Waals surface area contributed by atoms with Crippen LogP contribution in [-0.4, -0.2) is 21.6 Å². The summed E-state index contributed by atoms with van der Waals surface area (Å²) >= 11 is 7.73. The molecule has 23 heavy (non-hydrogen) atoms. The van der Waals surface area contributed by atoms with Gasteiger partial charge in [-0.05, 0) is 55.1 Å². The van der Waals surface area contributed by atoms with Crippen LogP contribution in [0.5, 0.6) is 0 Å². The molecule has 1 aliphatic heterocycles. The molecule has 0 radical (unpaired) electrons. The van der Waals surface area contributed by atoms with Gasteiger partial charge in [-0.1, -0.05) is 22.8 Å². The Morgan fingerprint density at radius 1 is 1.26 bits per heavy atom. The first-order chi connectivity index (χ1) is 11.3. The zero-order chi connectivity index (χ0) is 15.6. The second-order valence-corrected chi connectivity index (χ2v) is 7.08. The van der Waals surface area contributed by atoms with E-state index in [1.165, 1.54) is 17.7 Å². The molecule has 0 saturated carbocycles. The highest BCUT2D eigenvalue weighted by molar-refractivity contribution is 7.10. The van der Waals surface area contributed by atoms with Crippen molar-refractivity contribution in [3.8, 4) is 11.4 Å². The van der Waals surface area contributed by atoms with Crippen LogP contribution in [0.25, 0.3) is 11.4 Å². The number of thiophene rings is 1. The molecular weight excluding hydrogens is 330 g/mol. The average Bonchev–Trinajstić information content (AvgIpc) is 3.29. The minimum absolute atomic E-state index is 0.473. The third-order valence-corrected chi connectivity index (χ3v) is 5.37. The largest absolute Gasteiger partial charge is 0.338 e. The number of hydrogen-bond acceptors (Lipinski definition) is 5. The highest BCUT2D eigenvalue weighted by Crippen LogP contribution is 2.35. The van der Waals surface area contributed by atoms with Crippen LogP contribution in [0.3, 0.4) is 0 Å². The van der Waals surface area contributed by atoms with Crippen molar-refractivity contribution in [3.05, 3.63) is 57.6 Å². The first-order valence-corrected chi connectivity index (χ1v) is 8.91. The molecule has 118 valence electrons. The van der Waals surface area contributed by atoms with Gasteiger partial charge in [-0.25, -0.2) is 0 Å². The summed E-state index contributed by atoms with van der Waals surface area (Å²) in [5, 5.41) is 6.93. The van der Waals surface area contributed by atoms with E-state index in [0.717, 1.165) is 12.1 Å². The Hall–Kier alpha value is -1.69. The highest BCUT2D eigenvalue weighted by atomic mass is 35.5. The first-order valence-electron chi connectivity index (χ1n) is 7.65. The van der Waals surface area contributed by atoms with Gasteiger partial charge in [0.05, 0.1) is 6.54 Å². The number of nitrogens with zero attached hydrogens (tertiary/aromatic N) is 3. The molecule has 0 amide bonds. The van der Waals surface area contributed by atoms with Crippen LogP contribution in [0.15, 0.2) is 46.3 Å². The monoisotopic (exact) mass is 345 g/mol. The van der Waals surface area contributed by atoms with Crippen LogP contribution < -0.4 is 0 Å². The molecule has 1 fully saturated rings. The average molecular weight is 346 g/mol. The molecule has 0 spiro atoms. The van der Waals surface area contributed by atoms with Crippen molar-refractivity contribution >= 4 is 22.9 Å². The van der Waals surface area contributed by atoms with Crippen LogP contribution in [0.1, 0.15) is 29.7 Å². The van der Waals surface area contributed by atoms with E-state index in [9.17, 15) is 0 Å². The normalized spacial score (nSPS) is 18.6. The summed E-state index contributed by atoms with van der Waals surface area (Å²) < 4.78 is 5.44. The fourth-order valence-electron chi connectivity index (χ4n) is 3.03. The quantitative estimate of drug-likeness (QED) is 0.681. The summed E-state index contributed by atoms with van der Waals surface area (Å²) in [4.78, 5) is 8.37. The molecule has 1 saturated heterocycles. The second-order valence-electron chi connectivity index (χ2n) is 5.66. The van der Waals surface area contributed by atoms with Gasteiger partial charge in [0.25, 0.3) is 0 Å². The molecule has 1 aliphatic rings. The van der Waals surface area contributed by atoms with E-state index in [-0.39, 0.29) is 0 Å². The maximum Gasteiger partial charge on any atom is 0.241 e. The molecule has 2 aromatic heterocycles. The Bertz CT molecular complexity index is 770. The van der Waals surface area contributed by atoms with E-state index < -0.39 is 0 Å². The van der Waals surface area contributed by atoms with Gasteiger partial charge in [0, 0.05) is 21.5 Å². The molecule has 6 heteroatoms. The molecule has 0 unspecified atom stereocenters. The summed E-state index contributed by atoms with van der Waals surface area (Å²) in [7, 11) is 0. The maximum absolute atomic E-state index is 5.91. The van der Waals surface area contributed by atoms with Gasteiger partial charge < -0.3 is 4.52 Å². The van der Waals surface area contributed by atoms with Crippen LogP contribution >= 0.6 is 22.9 Å². The third-order valence-electron chi connectivity index (χ3n) is 4.14. The first kappa shape index (κ1) is 14.9. The van der Waals surface area contributed by atoms with Crippen molar-refractivity contribution < 1.29 is 4.52 Å². The minimum Gasteiger partial charge on any atom is -0.338 e. The third kappa shape index (κ3) is 3.17. The van der Waals surface area contributed by atoms with E-state index in [4.69, 9.17) is 16.1 Å². The molecule has 4 rings (SSSR count). The fourth-order valence-corrected chi connectivity index (χ4v) is 4.05. The van der Waals surface area contributed by atoms with Gasteiger partial charge in [-0.3, -0.25) is 4.90 Å². The Morgan fingerprint density at radius 3 is 2.91 bits per heavy atom. The number of halogens is 1. The summed E-state index contributed by atoms with van der Waals surface area (Å²) in [5.74, 6) is 1.28. The van der Waals surface area contributed by atoms with E-state index in [0.29, 0.717) is 29.3 Å². The molecule has 0 N–H and O–H groups in total. The SMILES string of the molecule is Clc1ccc(-c2noc(CN3CCC[C@@H]3c3cccs3)n2)cc1. The zero-order valence-corrected chi connectivity index (χ0v) is 14.1. The van der Waals surface area contributed by atoms with Crippen molar-refractivity contribution in [2.75, 3.05) is 6.54 Å². The van der Waals surface area contributed by atoms with Crippen LogP contribution in [0.2, 0.25) is 5.02 Å². The standard InChI is InChI=1S/C17H16ClN3OS/c18-13-7-5-12(6-8-13)17-19-16(22-20-17)11-21-9-1-3-14(21)15-4-2-10-23-15/h2,4-8,10,14H,1,3,9,11H2/t14-/m1/s1. The molecule has 1 atom stereocenters. The van der Waals surface area contributed by atoms with Crippen LogP contribution in [0, 0.1) is 0 Å². The summed E-state index contributed by atoms with van der Waals surface area (Å²) in [5.41, 5.74) is 0.917. The smallest absolute Gasteiger partial charge is 0.241 e. The van der Waals surface area contributed by atoms with Crippen molar-refractivity contribution in [2.24, 2.45) is 0 Å². The number of likely N-dealkylation sites (tertiary alicyclic amines) is 1. The number of aromatic nitrogens is 2. The predicted molar refractivity (Wildman–Crippen MR) is 91.4 cm³/mol. The van der Waals surface area contributed by atoms with E-state index >= 15 is 0 Å². The highest BCUT2D eigenvalue weighted by Gasteiger charge is 2.28. The van der Waals surface area contributed by atoms with E-state index in [2.05, 4.69) is 32.6 Å². The summed E-state index contributed by atoms with van der Waals surface area (Å²) in [6.45, 7) is 1.77. The predicted octanol–water partition coefficient (Wildman–Crippen LogP) is 4.79. The number of benzene rings is 1. The van der Waals surface area contributed by atoms with Gasteiger partial charge in [0.1, 0.15) is 0 Å². The molecular formula is C17H16ClN3OS. The number of rotatable bonds is 4. The molecule has 0 aliphatic carbocycles. The van der Waals surface area contributed by atoms with Crippen LogP contribution in [-0.2, 0) is 6.54 Å². The van der Waals surface area contributed by atoms with Crippen LogP contribution in [0.4, 0.5) is 0 Å². The van der Waals surface area contributed by atoms with Crippen molar-refractivity contribution in [1.82, 2.24) is 15.0 Å². The molecule has 4 nitrogen and oxygen atoms in total. The lowest BCUT2D eigenvalue weighted by atomic mass is 10.2. The van der Waals surface area contributed by atoms with Crippen molar-refractivity contribution in [2.45, 2.75) is 25.4 Å². The van der Waals surface area contributed by atoms with Crippen molar-refractivity contribution in [3.63, 3.8) is 0 Å². The Kier molecular flexibility index (Phi) is 4.16. The molecule has 3 aromatic rings. The lowest BCUT2D eigenvalue weighted by molar-refractivity contribution is 0.214. The summed E-state index contributed by atoms with van der Waals surface area (Å²) in [6.07, 6.45) is 2.40. The zero-order valence-electron chi connectivity index (χ0n) is 12.5. The Labute approximate surface area is 143 Å². The molecule has 3 heterocycles. The Morgan fingerprint density at radius 2 is 2.13 bits per heavy atom. The molecule has 0 bridgehead atoms. The van der Waals surface area contributed by atoms with Gasteiger partial charge in [0.2, 0.25) is 11.7 Å². The minimum atomic E-state index is 0.473. The lowest BCUT2D eigenvalue weighted by Crippen LogP contribution is -2.22. The van der Waals surface area contributed by atoms with Gasteiger partial charge in [-0.2, -0.15) is 4.98 Å². The van der Waals surface area contributed by atoms with E-state index in [1.807, 2.05) is 35.6 Å². The molecule has 1 aromatic carbocycles. The second kappa shape index (κ2) is 6.43. The fraction of sp³-hybridized carbons (Fsp3) is 0.294. The van der Waals surface area contributed by atoms with Gasteiger partial charge in [0.15, 0.2) is 0 Å². The summed E-state index contributed by atoms with van der Waals surface area (Å²) in [6, 6.07) is 12.3. The number of hydrogen-bond donors (Lipinski definition) is 0. The topological polar surface area (TPSA) is 42.2 Å². The van der Waals surface area contributed by atoms with Crippen molar-refractivity contribution in [1.29, 1.82) is 0 Å².